The predicted octanol–water partition coefficient (Wildman–Crippen LogP) is 5.68. The van der Waals surface area contributed by atoms with E-state index in [2.05, 4.69) is 10.6 Å². The van der Waals surface area contributed by atoms with E-state index in [1.54, 1.807) is 79.1 Å². The smallest absolute Gasteiger partial charge is 0.294 e. The minimum atomic E-state index is -4.02. The van der Waals surface area contributed by atoms with E-state index in [1.165, 1.54) is 21.9 Å². The Hall–Kier alpha value is -6.73. The minimum absolute atomic E-state index is 0.0666. The van der Waals surface area contributed by atoms with Crippen LogP contribution in [0.25, 0.3) is 10.8 Å². The number of imide groups is 2. The molecule has 4 amide bonds. The number of methoxy groups -OCH3 is 6. The molecule has 344 valence electrons. The maximum atomic E-state index is 13.7. The van der Waals surface area contributed by atoms with Gasteiger partial charge in [-0.2, -0.15) is 8.42 Å². The first-order valence-electron chi connectivity index (χ1n) is 20.6. The van der Waals surface area contributed by atoms with Crippen molar-refractivity contribution in [1.29, 1.82) is 0 Å². The van der Waals surface area contributed by atoms with Crippen LogP contribution in [0.2, 0.25) is 0 Å². The number of nitrogens with one attached hydrogen (secondary N) is 2. The lowest BCUT2D eigenvalue weighted by molar-refractivity contribution is 0.0587. The molecule has 65 heavy (non-hydrogen) atoms. The third-order valence-corrected chi connectivity index (χ3v) is 11.8. The minimum Gasteiger partial charge on any atom is -0.493 e. The summed E-state index contributed by atoms with van der Waals surface area (Å²) in [6.07, 6.45) is 1.000. The third-order valence-electron chi connectivity index (χ3n) is 11.0. The molecular formula is C47H52N4O13S. The summed E-state index contributed by atoms with van der Waals surface area (Å²) in [7, 11) is 5.30. The number of benzene rings is 5. The number of amides is 4. The zero-order chi connectivity index (χ0) is 47.0. The van der Waals surface area contributed by atoms with Crippen molar-refractivity contribution in [1.82, 2.24) is 20.4 Å². The molecule has 0 saturated heterocycles. The Morgan fingerprint density at radius 1 is 0.508 bits per heavy atom. The molecule has 0 aliphatic carbocycles. The molecular weight excluding hydrogens is 861 g/mol. The highest BCUT2D eigenvalue weighted by atomic mass is 32.2. The van der Waals surface area contributed by atoms with Crippen LogP contribution in [0.1, 0.15) is 71.0 Å². The highest BCUT2D eigenvalue weighted by Crippen LogP contribution is 2.40. The first-order chi connectivity index (χ1) is 31.2. The van der Waals surface area contributed by atoms with Gasteiger partial charge in [-0.1, -0.05) is 17.7 Å². The topological polar surface area (TPSA) is 209 Å². The number of aryl methyl sites for hydroxylation is 1. The fourth-order valence-corrected chi connectivity index (χ4v) is 8.24. The highest BCUT2D eigenvalue weighted by Gasteiger charge is 2.39. The van der Waals surface area contributed by atoms with Gasteiger partial charge in [0.25, 0.3) is 33.7 Å². The Balaban J connectivity index is 0.000000557. The molecule has 17 nitrogen and oxygen atoms in total. The van der Waals surface area contributed by atoms with Gasteiger partial charge >= 0.3 is 0 Å². The molecule has 7 rings (SSSR count). The summed E-state index contributed by atoms with van der Waals surface area (Å²) in [5, 5.41) is 7.38. The second-order valence-electron chi connectivity index (χ2n) is 15.0. The van der Waals surface area contributed by atoms with Gasteiger partial charge in [0, 0.05) is 59.2 Å². The Labute approximate surface area is 377 Å². The lowest BCUT2D eigenvalue weighted by Crippen LogP contribution is -2.44. The van der Waals surface area contributed by atoms with Crippen LogP contribution in [0.3, 0.4) is 0 Å². The standard InChI is InChI=1S/C40H44N4O10.C7H8O3S/c1-49-29-17-23(18-30(50-2)35(29)53-5)21-41-13-7-15-43-37(45)25-9-11-27-34-28(12-10-26(33(25)34)38(43)46)40(48)44(39(27)47)16-8-14-42-22-24-19-31(51-3)36(54-6)32(20-24)52-4;1-6-2-4-7(5-3-6)11(8,9)10/h9-12,17-20,41-42H,7-8,13-16,21-22H2,1-6H3;2-5H,1H3,(H,8,9,10). The Bertz CT molecular complexity index is 2450. The van der Waals surface area contributed by atoms with Gasteiger partial charge < -0.3 is 39.1 Å². The van der Waals surface area contributed by atoms with Crippen molar-refractivity contribution in [2.75, 3.05) is 68.8 Å². The lowest BCUT2D eigenvalue weighted by atomic mass is 9.86. The summed E-state index contributed by atoms with van der Waals surface area (Å²) in [5.41, 5.74) is 3.95. The number of ether oxygens (including phenoxy) is 6. The Morgan fingerprint density at radius 2 is 0.831 bits per heavy atom. The molecule has 2 aliphatic heterocycles. The van der Waals surface area contributed by atoms with Crippen LogP contribution in [0, 0.1) is 6.92 Å². The molecule has 0 saturated carbocycles. The molecule has 0 aromatic heterocycles. The van der Waals surface area contributed by atoms with Crippen molar-refractivity contribution in [3.05, 3.63) is 112 Å². The van der Waals surface area contributed by atoms with Crippen molar-refractivity contribution in [2.24, 2.45) is 0 Å². The van der Waals surface area contributed by atoms with E-state index in [0.717, 1.165) is 16.7 Å². The number of carbonyl (C=O) groups is 4. The number of rotatable bonds is 19. The number of hydrogen-bond acceptors (Lipinski definition) is 14. The number of nitrogens with zero attached hydrogens (tertiary/aromatic N) is 2. The van der Waals surface area contributed by atoms with Crippen molar-refractivity contribution >= 4 is 44.5 Å². The van der Waals surface area contributed by atoms with E-state index < -0.39 is 33.7 Å². The quantitative estimate of drug-likeness (QED) is 0.0517. The van der Waals surface area contributed by atoms with Gasteiger partial charge in [0.05, 0.1) is 47.6 Å². The largest absolute Gasteiger partial charge is 0.493 e. The number of carbonyl (C=O) groups excluding carboxylic acids is 4. The van der Waals surface area contributed by atoms with Crippen LogP contribution in [0.5, 0.6) is 34.5 Å². The average molecular weight is 913 g/mol. The zero-order valence-corrected chi connectivity index (χ0v) is 38.1. The molecule has 3 N–H and O–H groups in total. The average Bonchev–Trinajstić information content (AvgIpc) is 3.30. The zero-order valence-electron chi connectivity index (χ0n) is 37.2. The van der Waals surface area contributed by atoms with Crippen molar-refractivity contribution in [3.8, 4) is 34.5 Å². The third kappa shape index (κ3) is 10.2. The second kappa shape index (κ2) is 20.8. The van der Waals surface area contributed by atoms with Crippen molar-refractivity contribution in [3.63, 3.8) is 0 Å². The molecule has 0 unspecified atom stereocenters. The molecule has 0 bridgehead atoms. The molecule has 0 fully saturated rings. The van der Waals surface area contributed by atoms with Gasteiger partial charge in [-0.05, 0) is 105 Å². The van der Waals surface area contributed by atoms with E-state index in [9.17, 15) is 27.6 Å². The first-order valence-corrected chi connectivity index (χ1v) is 22.0. The molecule has 2 heterocycles. The maximum absolute atomic E-state index is 13.7. The summed E-state index contributed by atoms with van der Waals surface area (Å²) in [5.74, 6) is 1.37. The van der Waals surface area contributed by atoms with Crippen LogP contribution in [-0.4, -0.2) is 115 Å². The van der Waals surface area contributed by atoms with Crippen LogP contribution in [-0.2, 0) is 23.2 Å². The van der Waals surface area contributed by atoms with Crippen molar-refractivity contribution in [2.45, 2.75) is 37.8 Å². The fraction of sp³-hybridized carbons (Fsp3) is 0.319. The summed E-state index contributed by atoms with van der Waals surface area (Å²) in [6, 6.07) is 19.7. The molecule has 0 atom stereocenters. The lowest BCUT2D eigenvalue weighted by Gasteiger charge is -2.32. The van der Waals surface area contributed by atoms with Gasteiger partial charge in [-0.25, -0.2) is 0 Å². The monoisotopic (exact) mass is 912 g/mol. The highest BCUT2D eigenvalue weighted by molar-refractivity contribution is 7.85. The fourth-order valence-electron chi connectivity index (χ4n) is 7.76. The normalized spacial score (nSPS) is 13.1. The van der Waals surface area contributed by atoms with E-state index in [-0.39, 0.29) is 18.0 Å². The molecule has 5 aromatic carbocycles. The molecule has 2 aliphatic rings. The first kappa shape index (κ1) is 47.7. The Morgan fingerprint density at radius 3 is 1.11 bits per heavy atom. The predicted molar refractivity (Wildman–Crippen MR) is 241 cm³/mol. The van der Waals surface area contributed by atoms with Crippen LogP contribution in [0.4, 0.5) is 0 Å². The van der Waals surface area contributed by atoms with Gasteiger partial charge in [-0.15, -0.1) is 0 Å². The van der Waals surface area contributed by atoms with E-state index >= 15 is 0 Å². The summed E-state index contributed by atoms with van der Waals surface area (Å²) in [6.45, 7) is 4.25. The summed E-state index contributed by atoms with van der Waals surface area (Å²) >= 11 is 0. The van der Waals surface area contributed by atoms with Gasteiger partial charge in [-0.3, -0.25) is 33.5 Å². The molecule has 18 heteroatoms. The van der Waals surface area contributed by atoms with E-state index in [1.807, 2.05) is 31.2 Å². The SMILES string of the molecule is COc1cc(CNCCCN2C(=O)c3ccc4c5c(ccc(c35)C2=O)C(=O)N(CCCNCc2cc(OC)c(OC)c(OC)c2)C4=O)cc(OC)c1OC.Cc1ccc(S(=O)(=O)O)cc1. The molecule has 0 radical (unpaired) electrons. The molecule has 5 aromatic rings. The van der Waals surface area contributed by atoms with Gasteiger partial charge in [0.2, 0.25) is 11.5 Å². The number of hydrogen-bond donors (Lipinski definition) is 3. The van der Waals surface area contributed by atoms with Crippen LogP contribution in [0.15, 0.2) is 77.7 Å². The summed E-state index contributed by atoms with van der Waals surface area (Å²) < 4.78 is 62.1. The van der Waals surface area contributed by atoms with Gasteiger partial charge in [0.1, 0.15) is 0 Å². The van der Waals surface area contributed by atoms with Crippen LogP contribution < -0.4 is 39.1 Å². The summed E-state index contributed by atoms with van der Waals surface area (Å²) in [4.78, 5) is 57.2. The van der Waals surface area contributed by atoms with Crippen LogP contribution >= 0.6 is 0 Å². The Kier molecular flexibility index (Phi) is 15.3. The van der Waals surface area contributed by atoms with Crippen molar-refractivity contribution < 1.29 is 60.6 Å². The maximum Gasteiger partial charge on any atom is 0.294 e. The van der Waals surface area contributed by atoms with Gasteiger partial charge in [0.15, 0.2) is 23.0 Å². The van der Waals surface area contributed by atoms with E-state index in [4.69, 9.17) is 33.0 Å². The van der Waals surface area contributed by atoms with E-state index in [0.29, 0.717) is 107 Å². The molecule has 0 spiro atoms. The second-order valence-corrected chi connectivity index (χ2v) is 16.4.